The molecule has 0 bridgehead atoms. The number of para-hydroxylation sites is 8. The van der Waals surface area contributed by atoms with E-state index >= 15 is 0 Å². The van der Waals surface area contributed by atoms with Crippen LogP contribution in [0.3, 0.4) is 0 Å². The summed E-state index contributed by atoms with van der Waals surface area (Å²) < 4.78 is 9.54. The van der Waals surface area contributed by atoms with Gasteiger partial charge in [-0.3, -0.25) is 0 Å². The Bertz CT molecular complexity index is 7040. The van der Waals surface area contributed by atoms with Crippen LogP contribution >= 0.6 is 0 Å². The average molecular weight is 1620 g/mol. The third kappa shape index (κ3) is 16.9. The molecule has 124 heavy (non-hydrogen) atoms. The summed E-state index contributed by atoms with van der Waals surface area (Å²) in [6.45, 7) is 18.2. The number of aryl methyl sites for hydroxylation is 1. The zero-order valence-electron chi connectivity index (χ0n) is 73.7. The number of fused-ring (bicyclic) bond motifs is 12. The van der Waals surface area contributed by atoms with Crippen LogP contribution in [0.25, 0.3) is 110 Å². The van der Waals surface area contributed by atoms with Crippen molar-refractivity contribution in [2.75, 3.05) is 47.8 Å². The Hall–Kier alpha value is -14.1. The minimum Gasteiger partial charge on any atom is -0.345 e. The van der Waals surface area contributed by atoms with E-state index in [0.29, 0.717) is 11.8 Å². The van der Waals surface area contributed by atoms with E-state index in [1.165, 1.54) is 191 Å². The van der Waals surface area contributed by atoms with Crippen molar-refractivity contribution in [2.45, 2.75) is 98.8 Å². The molecule has 0 saturated heterocycles. The Labute approximate surface area is 732 Å². The zero-order valence-corrected chi connectivity index (χ0v) is 73.7. The second-order valence-electron chi connectivity index (χ2n) is 34.5. The Morgan fingerprint density at radius 2 is 0.516 bits per heavy atom. The second kappa shape index (κ2) is 36.3. The Morgan fingerprint density at radius 3 is 0.815 bits per heavy atom. The summed E-state index contributed by atoms with van der Waals surface area (Å²) in [6, 6.07) is 140. The lowest BCUT2D eigenvalue weighted by molar-refractivity contribution is 0.591. The lowest BCUT2D eigenvalue weighted by Crippen LogP contribution is -2.10. The van der Waals surface area contributed by atoms with Crippen molar-refractivity contribution >= 4 is 133 Å². The summed E-state index contributed by atoms with van der Waals surface area (Å²) >= 11 is 0. The number of unbranched alkanes of at least 4 members (excludes halogenated alkanes) is 1. The molecule has 16 aromatic carbocycles. The van der Waals surface area contributed by atoms with Gasteiger partial charge in [-0.1, -0.05) is 232 Å². The van der Waals surface area contributed by atoms with Gasteiger partial charge in [0, 0.05) is 140 Å². The molecule has 0 saturated carbocycles. The molecule has 4 heterocycles. The van der Waals surface area contributed by atoms with Crippen LogP contribution in [0.15, 0.2) is 388 Å². The van der Waals surface area contributed by atoms with Crippen molar-refractivity contribution in [3.8, 4) is 22.7 Å². The number of hydrogen-bond acceptors (Lipinski definition) is 4. The van der Waals surface area contributed by atoms with Gasteiger partial charge in [-0.05, 0) is 284 Å². The molecular weight excluding hydrogens is 1510 g/mol. The van der Waals surface area contributed by atoms with Crippen LogP contribution in [0, 0.1) is 5.92 Å². The number of hydrogen-bond donors (Lipinski definition) is 0. The molecule has 1 unspecified atom stereocenters. The molecule has 0 spiro atoms. The molecule has 8 nitrogen and oxygen atoms in total. The van der Waals surface area contributed by atoms with Crippen LogP contribution in [-0.2, 0) is 18.3 Å². The monoisotopic (exact) mass is 1620 g/mol. The largest absolute Gasteiger partial charge is 0.345 e. The smallest absolute Gasteiger partial charge is 0.0542 e. The minimum atomic E-state index is 0.105. The van der Waals surface area contributed by atoms with E-state index in [0.717, 1.165) is 19.3 Å². The van der Waals surface area contributed by atoms with E-state index in [9.17, 15) is 0 Å². The maximum Gasteiger partial charge on any atom is 0.0542 e. The van der Waals surface area contributed by atoms with E-state index in [2.05, 4.69) is 510 Å². The van der Waals surface area contributed by atoms with Gasteiger partial charge in [0.1, 0.15) is 0 Å². The van der Waals surface area contributed by atoms with E-state index in [1.54, 1.807) is 0 Å². The topological polar surface area (TPSA) is 32.7 Å². The summed E-state index contributed by atoms with van der Waals surface area (Å²) in [5, 5.41) is 10.4. The molecule has 616 valence electrons. The van der Waals surface area contributed by atoms with Crippen molar-refractivity contribution in [2.24, 2.45) is 5.92 Å². The lowest BCUT2D eigenvalue weighted by Gasteiger charge is -2.20. The second-order valence-corrected chi connectivity index (χ2v) is 34.5. The first-order valence-corrected chi connectivity index (χ1v) is 44.2. The SMILES string of the molecule is CC(C)Cc1ccc2c(c1)c1cc(N(C)c3ccccc3)ccc1n2-c1ccccc1.CCC(C)c1ccc2c(c1)c1cc(N(C)c3ccccc3)ccc1n2-c1ccccc1.CCCCc1ccc2c(c1)c1cc(N(C)c3ccccc3)ccc1n2-c1ccccc1.CN(c1ccccc1)c1ccc2c(c1)c1cc(C(C)(C)C)ccc1n2-c1ccccc1. The minimum absolute atomic E-state index is 0.105. The van der Waals surface area contributed by atoms with Crippen LogP contribution in [0.1, 0.15) is 103 Å². The number of anilines is 8. The van der Waals surface area contributed by atoms with Gasteiger partial charge in [0.15, 0.2) is 0 Å². The first-order chi connectivity index (χ1) is 60.5. The summed E-state index contributed by atoms with van der Waals surface area (Å²) in [4.78, 5) is 9.01. The van der Waals surface area contributed by atoms with Gasteiger partial charge in [-0.2, -0.15) is 0 Å². The number of benzene rings is 16. The standard InChI is InChI=1S/4C29H28N2/c1-29(2,3)21-15-17-27-25(19-21)26-20-24(30(4)22-11-7-5-8-12-22)16-18-28(26)31(27)23-13-9-6-10-14-23;1-21(2)18-22-14-16-28-26(19-22)27-20-25(30(3)23-10-6-4-7-11-23)15-17-29(27)31(28)24-12-8-5-9-13-24;1-4-21(2)22-15-17-28-26(19-22)27-20-25(30(3)23-11-7-5-8-12-23)16-18-29(27)31(28)24-13-9-6-10-14-24;1-3-4-11-22-16-18-28-26(20-22)27-21-25(30(2)23-12-7-5-8-13-23)17-19-29(27)31(28)24-14-9-6-10-15-24/h5-20H,1-4H3;4-17,19-21H,18H2,1-3H3;5-21H,4H2,1-3H3;5-10,12-21H,3-4,11H2,1-2H3. The summed E-state index contributed by atoms with van der Waals surface area (Å²) in [5.41, 5.74) is 30.0. The predicted octanol–water partition coefficient (Wildman–Crippen LogP) is 31.6. The van der Waals surface area contributed by atoms with E-state index in [1.807, 2.05) is 0 Å². The first-order valence-electron chi connectivity index (χ1n) is 44.2. The van der Waals surface area contributed by atoms with Gasteiger partial charge in [0.25, 0.3) is 0 Å². The molecule has 0 N–H and O–H groups in total. The van der Waals surface area contributed by atoms with Gasteiger partial charge in [0.2, 0.25) is 0 Å². The Balaban J connectivity index is 0.000000117. The molecule has 20 rings (SSSR count). The fraction of sp³-hybridized carbons (Fsp3) is 0.172. The number of rotatable bonds is 19. The van der Waals surface area contributed by atoms with Crippen molar-refractivity contribution in [3.63, 3.8) is 0 Å². The average Bonchev–Trinajstić information content (AvgIpc) is 1.61. The van der Waals surface area contributed by atoms with Crippen LogP contribution in [-0.4, -0.2) is 46.5 Å². The van der Waals surface area contributed by atoms with Crippen LogP contribution in [0.4, 0.5) is 45.5 Å². The van der Waals surface area contributed by atoms with Crippen molar-refractivity contribution in [1.82, 2.24) is 18.3 Å². The number of aromatic nitrogens is 4. The Kier molecular flexibility index (Phi) is 24.1. The molecule has 0 radical (unpaired) electrons. The molecular formula is C116H112N8. The molecule has 1 atom stereocenters. The van der Waals surface area contributed by atoms with Gasteiger partial charge in [-0.25, -0.2) is 0 Å². The first kappa shape index (κ1) is 82.2. The fourth-order valence-electron chi connectivity index (χ4n) is 17.8. The van der Waals surface area contributed by atoms with Gasteiger partial charge in [0.05, 0.1) is 44.1 Å². The lowest BCUT2D eigenvalue weighted by atomic mass is 9.86. The summed E-state index contributed by atoms with van der Waals surface area (Å²) in [6.07, 6.45) is 5.82. The van der Waals surface area contributed by atoms with Crippen molar-refractivity contribution < 1.29 is 0 Å². The highest BCUT2D eigenvalue weighted by Gasteiger charge is 2.23. The van der Waals surface area contributed by atoms with Gasteiger partial charge >= 0.3 is 0 Å². The fourth-order valence-corrected chi connectivity index (χ4v) is 17.8. The Morgan fingerprint density at radius 1 is 0.258 bits per heavy atom. The van der Waals surface area contributed by atoms with Crippen molar-refractivity contribution in [1.29, 1.82) is 0 Å². The maximum absolute atomic E-state index is 2.40. The highest BCUT2D eigenvalue weighted by atomic mass is 15.1. The van der Waals surface area contributed by atoms with Crippen LogP contribution in [0.2, 0.25) is 0 Å². The number of nitrogens with zero attached hydrogens (tertiary/aromatic N) is 8. The normalized spacial score (nSPS) is 11.8. The van der Waals surface area contributed by atoms with Gasteiger partial charge < -0.3 is 37.9 Å². The molecule has 0 aliphatic heterocycles. The highest BCUT2D eigenvalue weighted by molar-refractivity contribution is 6.14. The summed E-state index contributed by atoms with van der Waals surface area (Å²) in [5.74, 6) is 1.19. The molecule has 0 amide bonds. The third-order valence-corrected chi connectivity index (χ3v) is 24.8. The summed E-state index contributed by atoms with van der Waals surface area (Å²) in [7, 11) is 8.54. The molecule has 20 aromatic rings. The maximum atomic E-state index is 2.40. The van der Waals surface area contributed by atoms with E-state index in [4.69, 9.17) is 0 Å². The molecule has 0 aliphatic rings. The van der Waals surface area contributed by atoms with Gasteiger partial charge in [-0.15, -0.1) is 0 Å². The third-order valence-electron chi connectivity index (χ3n) is 24.8. The molecule has 0 aliphatic carbocycles. The zero-order chi connectivity index (χ0) is 85.5. The molecule has 8 heteroatoms. The molecule has 0 fully saturated rings. The quantitative estimate of drug-likeness (QED) is 0.0808. The van der Waals surface area contributed by atoms with E-state index < -0.39 is 0 Å². The molecule has 4 aromatic heterocycles. The predicted molar refractivity (Wildman–Crippen MR) is 536 cm³/mol. The highest BCUT2D eigenvalue weighted by Crippen LogP contribution is 2.43. The van der Waals surface area contributed by atoms with Crippen LogP contribution in [0.5, 0.6) is 0 Å². The van der Waals surface area contributed by atoms with E-state index in [-0.39, 0.29) is 5.41 Å². The van der Waals surface area contributed by atoms with Crippen LogP contribution < -0.4 is 19.6 Å². The van der Waals surface area contributed by atoms with Crippen molar-refractivity contribution in [3.05, 3.63) is 411 Å².